The van der Waals surface area contributed by atoms with Gasteiger partial charge in [-0.1, -0.05) is 23.2 Å². The van der Waals surface area contributed by atoms with Crippen LogP contribution in [0.5, 0.6) is 0 Å². The summed E-state index contributed by atoms with van der Waals surface area (Å²) in [7, 11) is 0. The third kappa shape index (κ3) is 4.90. The lowest BCUT2D eigenvalue weighted by molar-refractivity contribution is -0.120. The lowest BCUT2D eigenvalue weighted by atomic mass is 10.1. The minimum atomic E-state index is -0.629. The van der Waals surface area contributed by atoms with Crippen LogP contribution in [-0.2, 0) is 9.59 Å². The summed E-state index contributed by atoms with van der Waals surface area (Å²) in [5.41, 5.74) is 2.96. The van der Waals surface area contributed by atoms with Crippen molar-refractivity contribution in [1.82, 2.24) is 0 Å². The van der Waals surface area contributed by atoms with Gasteiger partial charge in [-0.3, -0.25) is 14.4 Å². The van der Waals surface area contributed by atoms with Gasteiger partial charge in [0, 0.05) is 25.5 Å². The molecule has 3 amide bonds. The molecule has 1 aliphatic rings. The molecule has 6 nitrogen and oxygen atoms in total. The van der Waals surface area contributed by atoms with E-state index in [0.717, 1.165) is 19.7 Å². The van der Waals surface area contributed by atoms with Crippen molar-refractivity contribution >= 4 is 80.6 Å². The average Bonchev–Trinajstić information content (AvgIpc) is 3.00. The quantitative estimate of drug-likeness (QED) is 0.284. The van der Waals surface area contributed by atoms with Gasteiger partial charge >= 0.3 is 0 Å². The van der Waals surface area contributed by atoms with Crippen molar-refractivity contribution in [3.05, 3.63) is 97.2 Å². The van der Waals surface area contributed by atoms with Crippen LogP contribution in [-0.4, -0.2) is 17.7 Å². The van der Waals surface area contributed by atoms with E-state index in [9.17, 15) is 14.4 Å². The summed E-state index contributed by atoms with van der Waals surface area (Å²) < 4.78 is 1.08. The van der Waals surface area contributed by atoms with E-state index in [4.69, 9.17) is 23.2 Å². The first-order valence-corrected chi connectivity index (χ1v) is 11.6. The van der Waals surface area contributed by atoms with Gasteiger partial charge in [-0.25, -0.2) is 4.90 Å². The Hall–Kier alpha value is -2.88. The van der Waals surface area contributed by atoms with E-state index >= 15 is 0 Å². The number of rotatable bonds is 5. The first-order valence-electron chi connectivity index (χ1n) is 9.73. The van der Waals surface area contributed by atoms with Crippen LogP contribution in [0.4, 0.5) is 17.1 Å². The molecule has 4 rings (SSSR count). The van der Waals surface area contributed by atoms with Crippen LogP contribution < -0.4 is 15.5 Å². The largest absolute Gasteiger partial charge is 0.350 e. The predicted octanol–water partition coefficient (Wildman–Crippen LogP) is 5.94. The number of halogens is 3. The fourth-order valence-corrected chi connectivity index (χ4v) is 4.23. The molecule has 0 spiro atoms. The summed E-state index contributed by atoms with van der Waals surface area (Å²) >= 11 is 14.3. The van der Waals surface area contributed by atoms with E-state index in [-0.39, 0.29) is 16.6 Å². The van der Waals surface area contributed by atoms with Gasteiger partial charge in [0.1, 0.15) is 10.7 Å². The third-order valence-electron chi connectivity index (χ3n) is 4.97. The Bertz CT molecular complexity index is 1310. The highest BCUT2D eigenvalue weighted by atomic mass is 127. The van der Waals surface area contributed by atoms with Gasteiger partial charge in [0.05, 0.1) is 5.69 Å². The molecule has 0 atom stereocenters. The van der Waals surface area contributed by atoms with E-state index in [2.05, 4.69) is 33.2 Å². The standard InChI is InChI=1S/C24H16Cl2IN3O3/c1-13-12-16(27)6-11-19(13)29-22(31)14-2-7-17(8-3-14)28-21-20(26)23(32)30(24(21)33)18-9-4-15(25)5-10-18/h2-12,28H,1H3,(H,29,31). The number of hydrogen-bond donors (Lipinski definition) is 2. The normalized spacial score (nSPS) is 13.5. The second-order valence-corrected chi connectivity index (χ2v) is 9.29. The number of imide groups is 1. The Balaban J connectivity index is 1.48. The number of nitrogens with zero attached hydrogens (tertiary/aromatic N) is 1. The number of anilines is 3. The van der Waals surface area contributed by atoms with Gasteiger partial charge in [0.15, 0.2) is 0 Å². The number of nitrogens with one attached hydrogen (secondary N) is 2. The Kier molecular flexibility index (Phi) is 6.73. The number of carbonyl (C=O) groups is 3. The average molecular weight is 592 g/mol. The van der Waals surface area contributed by atoms with Gasteiger partial charge in [0.25, 0.3) is 17.7 Å². The predicted molar refractivity (Wildman–Crippen MR) is 139 cm³/mol. The Morgan fingerprint density at radius 3 is 2.21 bits per heavy atom. The molecular formula is C24H16Cl2IN3O3. The highest BCUT2D eigenvalue weighted by Gasteiger charge is 2.38. The maximum atomic E-state index is 12.9. The van der Waals surface area contributed by atoms with Crippen LogP contribution in [0.3, 0.4) is 0 Å². The molecule has 3 aromatic carbocycles. The van der Waals surface area contributed by atoms with Crippen LogP contribution >= 0.6 is 45.8 Å². The summed E-state index contributed by atoms with van der Waals surface area (Å²) in [5.74, 6) is -1.47. The molecule has 166 valence electrons. The summed E-state index contributed by atoms with van der Waals surface area (Å²) in [5, 5.41) is 6.04. The SMILES string of the molecule is Cc1cc(I)ccc1NC(=O)c1ccc(NC2=C(Cl)C(=O)N(c3ccc(Cl)cc3)C2=O)cc1. The molecule has 1 heterocycles. The van der Waals surface area contributed by atoms with Crippen LogP contribution in [0, 0.1) is 10.5 Å². The fourth-order valence-electron chi connectivity index (χ4n) is 3.25. The molecule has 0 fully saturated rings. The lowest BCUT2D eigenvalue weighted by Crippen LogP contribution is -2.32. The first kappa shape index (κ1) is 23.3. The van der Waals surface area contributed by atoms with Crippen LogP contribution in [0.1, 0.15) is 15.9 Å². The van der Waals surface area contributed by atoms with Crippen molar-refractivity contribution in [2.45, 2.75) is 6.92 Å². The molecule has 0 saturated carbocycles. The number of amides is 3. The zero-order valence-corrected chi connectivity index (χ0v) is 20.8. The molecule has 0 aliphatic carbocycles. The van der Waals surface area contributed by atoms with Gasteiger partial charge < -0.3 is 10.6 Å². The van der Waals surface area contributed by atoms with Crippen molar-refractivity contribution in [3.63, 3.8) is 0 Å². The molecule has 3 aromatic rings. The smallest absolute Gasteiger partial charge is 0.283 e. The number of carbonyl (C=O) groups excluding carboxylic acids is 3. The number of aryl methyl sites for hydroxylation is 1. The lowest BCUT2D eigenvalue weighted by Gasteiger charge is -2.15. The van der Waals surface area contributed by atoms with Crippen molar-refractivity contribution in [2.24, 2.45) is 0 Å². The van der Waals surface area contributed by atoms with Crippen LogP contribution in [0.15, 0.2) is 77.5 Å². The van der Waals surface area contributed by atoms with Crippen molar-refractivity contribution in [1.29, 1.82) is 0 Å². The Labute approximate surface area is 213 Å². The van der Waals surface area contributed by atoms with E-state index in [0.29, 0.717) is 22.0 Å². The Morgan fingerprint density at radius 2 is 1.58 bits per heavy atom. The molecule has 1 aliphatic heterocycles. The minimum Gasteiger partial charge on any atom is -0.350 e. The highest BCUT2D eigenvalue weighted by molar-refractivity contribution is 14.1. The second kappa shape index (κ2) is 9.54. The molecule has 0 unspecified atom stereocenters. The number of hydrogen-bond acceptors (Lipinski definition) is 4. The van der Waals surface area contributed by atoms with Crippen molar-refractivity contribution in [3.8, 4) is 0 Å². The topological polar surface area (TPSA) is 78.5 Å². The second-order valence-electron chi connectivity index (χ2n) is 7.23. The number of benzene rings is 3. The molecular weight excluding hydrogens is 576 g/mol. The molecule has 0 aromatic heterocycles. The van der Waals surface area contributed by atoms with E-state index < -0.39 is 11.8 Å². The van der Waals surface area contributed by atoms with Gasteiger partial charge in [0.2, 0.25) is 0 Å². The molecule has 2 N–H and O–H groups in total. The molecule has 0 saturated heterocycles. The van der Waals surface area contributed by atoms with E-state index in [1.54, 1.807) is 48.5 Å². The molecule has 0 radical (unpaired) electrons. The zero-order chi connectivity index (χ0) is 23.7. The molecule has 33 heavy (non-hydrogen) atoms. The van der Waals surface area contributed by atoms with Gasteiger partial charge in [-0.2, -0.15) is 0 Å². The van der Waals surface area contributed by atoms with E-state index in [1.165, 1.54) is 0 Å². The highest BCUT2D eigenvalue weighted by Crippen LogP contribution is 2.31. The zero-order valence-electron chi connectivity index (χ0n) is 17.2. The molecule has 0 bridgehead atoms. The minimum absolute atomic E-state index is 0.0386. The first-order chi connectivity index (χ1) is 15.7. The van der Waals surface area contributed by atoms with Gasteiger partial charge in [-0.15, -0.1) is 0 Å². The summed E-state index contributed by atoms with van der Waals surface area (Å²) in [6.45, 7) is 1.93. The van der Waals surface area contributed by atoms with E-state index in [1.807, 2.05) is 25.1 Å². The maximum absolute atomic E-state index is 12.9. The summed E-state index contributed by atoms with van der Waals surface area (Å²) in [6.07, 6.45) is 0. The van der Waals surface area contributed by atoms with Gasteiger partial charge in [-0.05, 0) is 102 Å². The third-order valence-corrected chi connectivity index (χ3v) is 6.24. The monoisotopic (exact) mass is 591 g/mol. The van der Waals surface area contributed by atoms with Crippen LogP contribution in [0.25, 0.3) is 0 Å². The summed E-state index contributed by atoms with van der Waals surface area (Å²) in [4.78, 5) is 39.0. The van der Waals surface area contributed by atoms with Crippen molar-refractivity contribution in [2.75, 3.05) is 15.5 Å². The van der Waals surface area contributed by atoms with Crippen molar-refractivity contribution < 1.29 is 14.4 Å². The fraction of sp³-hybridized carbons (Fsp3) is 0.0417. The Morgan fingerprint density at radius 1 is 0.909 bits per heavy atom. The maximum Gasteiger partial charge on any atom is 0.283 e. The molecule has 9 heteroatoms. The summed E-state index contributed by atoms with van der Waals surface area (Å²) in [6, 6.07) is 18.5. The van der Waals surface area contributed by atoms with Crippen LogP contribution in [0.2, 0.25) is 5.02 Å².